The molecule has 6 nitrogen and oxygen atoms in total. The quantitative estimate of drug-likeness (QED) is 0.452. The SMILES string of the molecule is CC(C)(C)OC(=O)N1CC[C@H](COc2nc3ccccc3n2Cc2c(Cl)cccc2Cl)C1. The fourth-order valence-electron chi connectivity index (χ4n) is 3.81. The molecule has 1 aliphatic rings. The average Bonchev–Trinajstić information content (AvgIpc) is 3.33. The molecule has 1 fully saturated rings. The Morgan fingerprint density at radius 3 is 2.56 bits per heavy atom. The predicted octanol–water partition coefficient (Wildman–Crippen LogP) is 6.03. The Labute approximate surface area is 198 Å². The van der Waals surface area contributed by atoms with Crippen molar-refractivity contribution >= 4 is 40.3 Å². The van der Waals surface area contributed by atoms with Gasteiger partial charge in [0, 0.05) is 34.6 Å². The number of rotatable bonds is 5. The van der Waals surface area contributed by atoms with Crippen molar-refractivity contribution in [3.05, 3.63) is 58.1 Å². The van der Waals surface area contributed by atoms with Gasteiger partial charge in [-0.2, -0.15) is 4.98 Å². The van der Waals surface area contributed by atoms with E-state index < -0.39 is 5.60 Å². The number of carbonyl (C=O) groups excluding carboxylic acids is 1. The van der Waals surface area contributed by atoms with Crippen LogP contribution in [0.1, 0.15) is 32.8 Å². The first kappa shape index (κ1) is 22.7. The number of hydrogen-bond acceptors (Lipinski definition) is 4. The van der Waals surface area contributed by atoms with E-state index in [4.69, 9.17) is 32.7 Å². The summed E-state index contributed by atoms with van der Waals surface area (Å²) in [5, 5.41) is 1.20. The van der Waals surface area contributed by atoms with Gasteiger partial charge in [0.25, 0.3) is 6.01 Å². The van der Waals surface area contributed by atoms with Gasteiger partial charge in [0.2, 0.25) is 0 Å². The van der Waals surface area contributed by atoms with Crippen molar-refractivity contribution in [3.8, 4) is 6.01 Å². The minimum absolute atomic E-state index is 0.208. The van der Waals surface area contributed by atoms with Crippen molar-refractivity contribution in [2.75, 3.05) is 19.7 Å². The fourth-order valence-corrected chi connectivity index (χ4v) is 4.33. The van der Waals surface area contributed by atoms with Crippen molar-refractivity contribution in [2.24, 2.45) is 5.92 Å². The van der Waals surface area contributed by atoms with Crippen LogP contribution in [-0.4, -0.2) is 45.8 Å². The number of aromatic nitrogens is 2. The van der Waals surface area contributed by atoms with Crippen LogP contribution in [-0.2, 0) is 11.3 Å². The monoisotopic (exact) mass is 475 g/mol. The van der Waals surface area contributed by atoms with E-state index in [2.05, 4.69) is 4.98 Å². The lowest BCUT2D eigenvalue weighted by Crippen LogP contribution is -2.35. The first-order valence-corrected chi connectivity index (χ1v) is 11.5. The van der Waals surface area contributed by atoms with E-state index in [1.54, 1.807) is 4.90 Å². The Balaban J connectivity index is 1.49. The summed E-state index contributed by atoms with van der Waals surface area (Å²) in [6.07, 6.45) is 0.580. The lowest BCUT2D eigenvalue weighted by molar-refractivity contribution is 0.0284. The first-order chi connectivity index (χ1) is 15.2. The van der Waals surface area contributed by atoms with Gasteiger partial charge in [0.05, 0.1) is 24.2 Å². The molecule has 1 amide bonds. The third-order valence-electron chi connectivity index (χ3n) is 5.38. The number of halogens is 2. The van der Waals surface area contributed by atoms with E-state index in [0.29, 0.717) is 42.3 Å². The lowest BCUT2D eigenvalue weighted by atomic mass is 10.1. The second-order valence-corrected chi connectivity index (χ2v) is 9.88. The molecule has 2 aromatic carbocycles. The summed E-state index contributed by atoms with van der Waals surface area (Å²) in [4.78, 5) is 18.8. The van der Waals surface area contributed by atoms with Crippen molar-refractivity contribution in [3.63, 3.8) is 0 Å². The van der Waals surface area contributed by atoms with E-state index in [9.17, 15) is 4.79 Å². The molecule has 2 heterocycles. The average molecular weight is 476 g/mol. The molecule has 0 N–H and O–H groups in total. The predicted molar refractivity (Wildman–Crippen MR) is 127 cm³/mol. The molecule has 0 spiro atoms. The maximum atomic E-state index is 12.3. The van der Waals surface area contributed by atoms with Gasteiger partial charge in [-0.05, 0) is 51.5 Å². The second-order valence-electron chi connectivity index (χ2n) is 9.06. The zero-order valence-electron chi connectivity index (χ0n) is 18.5. The van der Waals surface area contributed by atoms with Gasteiger partial charge >= 0.3 is 6.09 Å². The van der Waals surface area contributed by atoms with Crippen molar-refractivity contribution in [2.45, 2.75) is 39.3 Å². The molecular formula is C24H27Cl2N3O3. The molecule has 32 heavy (non-hydrogen) atoms. The summed E-state index contributed by atoms with van der Waals surface area (Å²) in [5.41, 5.74) is 2.10. The molecule has 0 radical (unpaired) electrons. The Morgan fingerprint density at radius 1 is 1.12 bits per heavy atom. The third kappa shape index (κ3) is 5.13. The highest BCUT2D eigenvalue weighted by Gasteiger charge is 2.30. The molecule has 1 atom stereocenters. The Bertz CT molecular complexity index is 1100. The lowest BCUT2D eigenvalue weighted by Gasteiger charge is -2.24. The van der Waals surface area contributed by atoms with Crippen molar-refractivity contribution in [1.29, 1.82) is 0 Å². The molecule has 0 bridgehead atoms. The van der Waals surface area contributed by atoms with Crippen LogP contribution < -0.4 is 4.74 Å². The largest absolute Gasteiger partial charge is 0.464 e. The van der Waals surface area contributed by atoms with Crippen LogP contribution >= 0.6 is 23.2 Å². The zero-order chi connectivity index (χ0) is 22.9. The number of likely N-dealkylation sites (tertiary alicyclic amines) is 1. The zero-order valence-corrected chi connectivity index (χ0v) is 20.0. The minimum Gasteiger partial charge on any atom is -0.464 e. The van der Waals surface area contributed by atoms with E-state index in [-0.39, 0.29) is 12.0 Å². The highest BCUT2D eigenvalue weighted by molar-refractivity contribution is 6.36. The first-order valence-electron chi connectivity index (χ1n) is 10.7. The number of ether oxygens (including phenoxy) is 2. The summed E-state index contributed by atoms with van der Waals surface area (Å²) >= 11 is 12.8. The summed E-state index contributed by atoms with van der Waals surface area (Å²) in [6.45, 7) is 7.79. The number of para-hydroxylation sites is 2. The number of benzene rings is 2. The van der Waals surface area contributed by atoms with E-state index in [1.807, 2.05) is 67.8 Å². The van der Waals surface area contributed by atoms with Crippen molar-refractivity contribution in [1.82, 2.24) is 14.5 Å². The molecule has 3 aromatic rings. The standard InChI is InChI=1S/C24H27Cl2N3O3/c1-24(2,3)32-23(30)28-12-11-16(13-28)15-31-22-27-20-9-4-5-10-21(20)29(22)14-17-18(25)7-6-8-19(17)26/h4-10,16H,11-15H2,1-3H3/t16-/m0/s1. The highest BCUT2D eigenvalue weighted by Crippen LogP contribution is 2.30. The van der Waals surface area contributed by atoms with Crippen LogP contribution in [0.5, 0.6) is 6.01 Å². The number of nitrogens with zero attached hydrogens (tertiary/aromatic N) is 3. The van der Waals surface area contributed by atoms with Gasteiger partial charge in [-0.1, -0.05) is 41.4 Å². The molecule has 0 aliphatic carbocycles. The third-order valence-corrected chi connectivity index (χ3v) is 6.09. The molecular weight excluding hydrogens is 449 g/mol. The molecule has 170 valence electrons. The highest BCUT2D eigenvalue weighted by atomic mass is 35.5. The van der Waals surface area contributed by atoms with Crippen LogP contribution in [0.4, 0.5) is 4.79 Å². The second kappa shape index (κ2) is 9.20. The number of imidazole rings is 1. The molecule has 4 rings (SSSR count). The van der Waals surface area contributed by atoms with Gasteiger partial charge in [0.1, 0.15) is 5.60 Å². The number of carbonyl (C=O) groups is 1. The number of amides is 1. The normalized spacial score (nSPS) is 16.5. The molecule has 0 saturated carbocycles. The topological polar surface area (TPSA) is 56.6 Å². The van der Waals surface area contributed by atoms with Gasteiger partial charge in [-0.25, -0.2) is 4.79 Å². The van der Waals surface area contributed by atoms with E-state index in [1.165, 1.54) is 0 Å². The minimum atomic E-state index is -0.503. The molecule has 1 aromatic heterocycles. The number of hydrogen-bond donors (Lipinski definition) is 0. The van der Waals surface area contributed by atoms with Crippen LogP contribution in [0.15, 0.2) is 42.5 Å². The van der Waals surface area contributed by atoms with Crippen LogP contribution in [0, 0.1) is 5.92 Å². The molecule has 0 unspecified atom stereocenters. The van der Waals surface area contributed by atoms with Crippen LogP contribution in [0.3, 0.4) is 0 Å². The van der Waals surface area contributed by atoms with Crippen LogP contribution in [0.25, 0.3) is 11.0 Å². The summed E-state index contributed by atoms with van der Waals surface area (Å²) < 4.78 is 13.6. The molecule has 8 heteroatoms. The summed E-state index contributed by atoms with van der Waals surface area (Å²) in [7, 11) is 0. The van der Waals surface area contributed by atoms with Gasteiger partial charge in [-0.15, -0.1) is 0 Å². The van der Waals surface area contributed by atoms with E-state index >= 15 is 0 Å². The molecule has 1 saturated heterocycles. The molecule has 1 aliphatic heterocycles. The van der Waals surface area contributed by atoms with Gasteiger partial charge in [0.15, 0.2) is 0 Å². The van der Waals surface area contributed by atoms with Gasteiger partial charge in [-0.3, -0.25) is 4.57 Å². The van der Waals surface area contributed by atoms with Crippen LogP contribution in [0.2, 0.25) is 10.0 Å². The maximum Gasteiger partial charge on any atom is 0.410 e. The summed E-state index contributed by atoms with van der Waals surface area (Å²) in [5.74, 6) is 0.208. The maximum absolute atomic E-state index is 12.3. The van der Waals surface area contributed by atoms with E-state index in [0.717, 1.165) is 23.0 Å². The Morgan fingerprint density at radius 2 is 1.84 bits per heavy atom. The smallest absolute Gasteiger partial charge is 0.410 e. The fraction of sp³-hybridized carbons (Fsp3) is 0.417. The Hall–Kier alpha value is -2.44. The number of fused-ring (bicyclic) bond motifs is 1. The van der Waals surface area contributed by atoms with Crippen molar-refractivity contribution < 1.29 is 14.3 Å². The summed E-state index contributed by atoms with van der Waals surface area (Å²) in [6, 6.07) is 13.9. The Kier molecular flexibility index (Phi) is 6.54. The van der Waals surface area contributed by atoms with Gasteiger partial charge < -0.3 is 14.4 Å².